The van der Waals surface area contributed by atoms with Crippen LogP contribution in [-0.2, 0) is 0 Å². The Balaban J connectivity index is 1.69. The summed E-state index contributed by atoms with van der Waals surface area (Å²) in [5, 5.41) is 3.96. The molecule has 1 N–H and O–H groups in total. The van der Waals surface area contributed by atoms with Gasteiger partial charge in [-0.1, -0.05) is 0 Å². The summed E-state index contributed by atoms with van der Waals surface area (Å²) < 4.78 is 20.9. The molecule has 3 aromatic carbocycles. The number of hydrogen-bond donors (Lipinski definition) is 1. The van der Waals surface area contributed by atoms with Crippen molar-refractivity contribution in [1.29, 1.82) is 0 Å². The van der Waals surface area contributed by atoms with E-state index < -0.39 is 5.97 Å². The SMILES string of the molecule is COc1ccc(C(=O)N/N=C\c2ccc(OC)c(OC(=O)c3ccc(OC)cc3)c2)cc1. The number of amides is 1. The van der Waals surface area contributed by atoms with Crippen LogP contribution in [0.4, 0.5) is 0 Å². The molecule has 0 bridgehead atoms. The molecule has 164 valence electrons. The number of nitrogens with zero attached hydrogens (tertiary/aromatic N) is 1. The molecule has 0 aliphatic carbocycles. The van der Waals surface area contributed by atoms with Gasteiger partial charge in [-0.3, -0.25) is 4.79 Å². The van der Waals surface area contributed by atoms with Gasteiger partial charge in [0.05, 0.1) is 33.1 Å². The summed E-state index contributed by atoms with van der Waals surface area (Å²) in [5.41, 5.74) is 3.84. The first-order valence-electron chi connectivity index (χ1n) is 9.55. The van der Waals surface area contributed by atoms with Crippen molar-refractivity contribution in [3.05, 3.63) is 83.4 Å². The second-order valence-corrected chi connectivity index (χ2v) is 6.46. The average Bonchev–Trinajstić information content (AvgIpc) is 2.84. The van der Waals surface area contributed by atoms with Crippen LogP contribution in [0.1, 0.15) is 26.3 Å². The van der Waals surface area contributed by atoms with Crippen molar-refractivity contribution in [2.45, 2.75) is 0 Å². The molecule has 0 aliphatic rings. The predicted molar refractivity (Wildman–Crippen MR) is 119 cm³/mol. The fourth-order valence-corrected chi connectivity index (χ4v) is 2.71. The summed E-state index contributed by atoms with van der Waals surface area (Å²) >= 11 is 0. The molecule has 8 nitrogen and oxygen atoms in total. The number of carbonyl (C=O) groups is 2. The molecule has 3 aromatic rings. The van der Waals surface area contributed by atoms with E-state index in [1.54, 1.807) is 80.9 Å². The van der Waals surface area contributed by atoms with E-state index in [9.17, 15) is 9.59 Å². The second kappa shape index (κ2) is 10.6. The molecule has 0 fully saturated rings. The summed E-state index contributed by atoms with van der Waals surface area (Å²) in [4.78, 5) is 24.7. The van der Waals surface area contributed by atoms with Gasteiger partial charge in [-0.05, 0) is 72.3 Å². The quantitative estimate of drug-likeness (QED) is 0.251. The minimum atomic E-state index is -0.548. The molecule has 0 heterocycles. The van der Waals surface area contributed by atoms with Gasteiger partial charge in [0, 0.05) is 5.56 Å². The van der Waals surface area contributed by atoms with Gasteiger partial charge in [0.15, 0.2) is 11.5 Å². The van der Waals surface area contributed by atoms with Crippen LogP contribution >= 0.6 is 0 Å². The second-order valence-electron chi connectivity index (χ2n) is 6.46. The highest BCUT2D eigenvalue weighted by atomic mass is 16.6. The van der Waals surface area contributed by atoms with E-state index in [0.29, 0.717) is 33.9 Å². The number of benzene rings is 3. The minimum Gasteiger partial charge on any atom is -0.497 e. The molecule has 8 heteroatoms. The molecule has 0 atom stereocenters. The fraction of sp³-hybridized carbons (Fsp3) is 0.125. The highest BCUT2D eigenvalue weighted by Crippen LogP contribution is 2.28. The largest absolute Gasteiger partial charge is 0.497 e. The number of methoxy groups -OCH3 is 3. The minimum absolute atomic E-state index is 0.221. The maximum Gasteiger partial charge on any atom is 0.343 e. The van der Waals surface area contributed by atoms with Gasteiger partial charge in [0.25, 0.3) is 5.91 Å². The van der Waals surface area contributed by atoms with Crippen LogP contribution in [-0.4, -0.2) is 39.4 Å². The first-order chi connectivity index (χ1) is 15.5. The Morgan fingerprint density at radius 3 is 1.91 bits per heavy atom. The first kappa shape index (κ1) is 22.4. The normalized spacial score (nSPS) is 10.5. The highest BCUT2D eigenvalue weighted by Gasteiger charge is 2.13. The van der Waals surface area contributed by atoms with Crippen LogP contribution in [0.5, 0.6) is 23.0 Å². The molecular formula is C24H22N2O6. The van der Waals surface area contributed by atoms with E-state index in [0.717, 1.165) is 0 Å². The van der Waals surface area contributed by atoms with Gasteiger partial charge in [-0.2, -0.15) is 5.10 Å². The van der Waals surface area contributed by atoms with E-state index in [1.165, 1.54) is 13.3 Å². The molecule has 0 saturated carbocycles. The van der Waals surface area contributed by atoms with Crippen molar-refractivity contribution in [3.63, 3.8) is 0 Å². The number of rotatable bonds is 8. The van der Waals surface area contributed by atoms with E-state index in [2.05, 4.69) is 10.5 Å². The molecular weight excluding hydrogens is 412 g/mol. The van der Waals surface area contributed by atoms with Crippen molar-refractivity contribution in [2.24, 2.45) is 5.10 Å². The van der Waals surface area contributed by atoms with Gasteiger partial charge < -0.3 is 18.9 Å². The number of esters is 1. The van der Waals surface area contributed by atoms with Crippen molar-refractivity contribution < 1.29 is 28.5 Å². The summed E-state index contributed by atoms with van der Waals surface area (Å²) in [7, 11) is 4.57. The van der Waals surface area contributed by atoms with E-state index in [-0.39, 0.29) is 11.7 Å². The van der Waals surface area contributed by atoms with Gasteiger partial charge in [-0.15, -0.1) is 0 Å². The number of nitrogens with one attached hydrogen (secondary N) is 1. The maximum absolute atomic E-state index is 12.5. The molecule has 0 spiro atoms. The lowest BCUT2D eigenvalue weighted by Gasteiger charge is -2.10. The maximum atomic E-state index is 12.5. The van der Waals surface area contributed by atoms with Crippen LogP contribution in [0.25, 0.3) is 0 Å². The zero-order valence-corrected chi connectivity index (χ0v) is 17.8. The molecule has 3 rings (SSSR count). The Hall–Kier alpha value is -4.33. The summed E-state index contributed by atoms with van der Waals surface area (Å²) in [6.45, 7) is 0. The Morgan fingerprint density at radius 1 is 0.750 bits per heavy atom. The third kappa shape index (κ3) is 5.63. The zero-order chi connectivity index (χ0) is 22.9. The van der Waals surface area contributed by atoms with E-state index in [1.807, 2.05) is 0 Å². The van der Waals surface area contributed by atoms with Crippen LogP contribution in [0, 0.1) is 0 Å². The third-order valence-corrected chi connectivity index (χ3v) is 4.45. The van der Waals surface area contributed by atoms with Gasteiger partial charge in [-0.25, -0.2) is 10.2 Å². The van der Waals surface area contributed by atoms with E-state index in [4.69, 9.17) is 18.9 Å². The van der Waals surface area contributed by atoms with Crippen molar-refractivity contribution in [2.75, 3.05) is 21.3 Å². The Kier molecular flexibility index (Phi) is 7.42. The molecule has 0 radical (unpaired) electrons. The molecule has 0 aromatic heterocycles. The summed E-state index contributed by atoms with van der Waals surface area (Å²) in [5.74, 6) is 0.968. The van der Waals surface area contributed by atoms with Crippen molar-refractivity contribution in [1.82, 2.24) is 5.43 Å². The topological polar surface area (TPSA) is 95.5 Å². The lowest BCUT2D eigenvalue weighted by atomic mass is 10.2. The van der Waals surface area contributed by atoms with Crippen molar-refractivity contribution >= 4 is 18.1 Å². The first-order valence-corrected chi connectivity index (χ1v) is 9.55. The standard InChI is InChI=1S/C24H22N2O6/c1-29-19-9-5-17(6-10-19)23(27)26-25-15-16-4-13-21(31-3)22(14-16)32-24(28)18-7-11-20(30-2)12-8-18/h4-15H,1-3H3,(H,26,27)/b25-15-. The summed E-state index contributed by atoms with van der Waals surface area (Å²) in [6.07, 6.45) is 1.44. The lowest BCUT2D eigenvalue weighted by Crippen LogP contribution is -2.17. The number of hydrazone groups is 1. The van der Waals surface area contributed by atoms with Gasteiger partial charge in [0.2, 0.25) is 0 Å². The van der Waals surface area contributed by atoms with Crippen LogP contribution < -0.4 is 24.4 Å². The predicted octanol–water partition coefficient (Wildman–Crippen LogP) is 3.70. The number of ether oxygens (including phenoxy) is 4. The summed E-state index contributed by atoms with van der Waals surface area (Å²) in [6, 6.07) is 18.1. The highest BCUT2D eigenvalue weighted by molar-refractivity contribution is 5.95. The Bertz CT molecular complexity index is 1110. The zero-order valence-electron chi connectivity index (χ0n) is 17.8. The molecule has 0 aliphatic heterocycles. The van der Waals surface area contributed by atoms with Crippen LogP contribution in [0.2, 0.25) is 0 Å². The Morgan fingerprint density at radius 2 is 1.34 bits per heavy atom. The number of carbonyl (C=O) groups excluding carboxylic acids is 2. The molecule has 1 amide bonds. The lowest BCUT2D eigenvalue weighted by molar-refractivity contribution is 0.0729. The molecule has 0 saturated heterocycles. The smallest absolute Gasteiger partial charge is 0.343 e. The number of hydrogen-bond acceptors (Lipinski definition) is 7. The average molecular weight is 434 g/mol. The van der Waals surface area contributed by atoms with Gasteiger partial charge in [0.1, 0.15) is 11.5 Å². The van der Waals surface area contributed by atoms with Crippen LogP contribution in [0.15, 0.2) is 71.8 Å². The molecule has 32 heavy (non-hydrogen) atoms. The van der Waals surface area contributed by atoms with E-state index >= 15 is 0 Å². The fourth-order valence-electron chi connectivity index (χ4n) is 2.71. The molecule has 0 unspecified atom stereocenters. The van der Waals surface area contributed by atoms with Crippen LogP contribution in [0.3, 0.4) is 0 Å². The Labute approximate surface area is 185 Å². The van der Waals surface area contributed by atoms with Crippen molar-refractivity contribution in [3.8, 4) is 23.0 Å². The monoisotopic (exact) mass is 434 g/mol. The van der Waals surface area contributed by atoms with Gasteiger partial charge >= 0.3 is 5.97 Å². The third-order valence-electron chi connectivity index (χ3n) is 4.45.